The number of rotatable bonds is 10. The van der Waals surface area contributed by atoms with Crippen LogP contribution in [-0.2, 0) is 22.6 Å². The number of hydrogen-bond acceptors (Lipinski definition) is 3. The highest BCUT2D eigenvalue weighted by molar-refractivity contribution is 14.0. The van der Waals surface area contributed by atoms with Crippen molar-refractivity contribution in [3.8, 4) is 0 Å². The van der Waals surface area contributed by atoms with E-state index in [9.17, 15) is 9.59 Å². The average molecular weight is 563 g/mol. The Hall–Kier alpha value is -2.62. The van der Waals surface area contributed by atoms with E-state index in [4.69, 9.17) is 0 Å². The first-order chi connectivity index (χ1) is 15.6. The molecule has 3 N–H and O–H groups in total. The smallest absolute Gasteiger partial charge is 0.223 e. The summed E-state index contributed by atoms with van der Waals surface area (Å²) in [6, 6.07) is 20.1. The molecule has 0 spiro atoms. The number of hydrogen-bond donors (Lipinski definition) is 3. The van der Waals surface area contributed by atoms with E-state index in [1.54, 1.807) is 7.05 Å². The largest absolute Gasteiger partial charge is 0.356 e. The molecule has 8 heteroatoms. The van der Waals surface area contributed by atoms with Gasteiger partial charge in [-0.25, -0.2) is 0 Å². The van der Waals surface area contributed by atoms with E-state index in [0.717, 1.165) is 25.1 Å². The fraction of sp³-hybridized carbons (Fsp3) is 0.400. The molecule has 0 bridgehead atoms. The Labute approximate surface area is 213 Å². The molecule has 1 unspecified atom stereocenters. The summed E-state index contributed by atoms with van der Waals surface area (Å²) in [4.78, 5) is 30.5. The summed E-state index contributed by atoms with van der Waals surface area (Å²) in [7, 11) is 1.71. The maximum Gasteiger partial charge on any atom is 0.223 e. The van der Waals surface area contributed by atoms with E-state index >= 15 is 0 Å². The van der Waals surface area contributed by atoms with Gasteiger partial charge in [0.05, 0.1) is 0 Å². The molecular weight excluding hydrogens is 529 g/mol. The van der Waals surface area contributed by atoms with Gasteiger partial charge in [0, 0.05) is 58.5 Å². The van der Waals surface area contributed by atoms with Crippen LogP contribution in [0.4, 0.5) is 0 Å². The molecule has 7 nitrogen and oxygen atoms in total. The Balaban J connectivity index is 0.00000385. The van der Waals surface area contributed by atoms with Gasteiger partial charge in [-0.2, -0.15) is 0 Å². The van der Waals surface area contributed by atoms with Crippen molar-refractivity contribution in [2.45, 2.75) is 25.8 Å². The summed E-state index contributed by atoms with van der Waals surface area (Å²) in [5, 5.41) is 9.38. The number of nitrogens with zero attached hydrogens (tertiary/aromatic N) is 2. The van der Waals surface area contributed by atoms with Crippen molar-refractivity contribution in [3.63, 3.8) is 0 Å². The third kappa shape index (κ3) is 9.41. The third-order valence-electron chi connectivity index (χ3n) is 5.57. The normalized spacial score (nSPS) is 15.7. The minimum absolute atomic E-state index is 0. The molecule has 1 fully saturated rings. The van der Waals surface area contributed by atoms with Gasteiger partial charge in [-0.1, -0.05) is 60.7 Å². The Morgan fingerprint density at radius 1 is 1.00 bits per heavy atom. The number of amides is 2. The first kappa shape index (κ1) is 26.6. The van der Waals surface area contributed by atoms with Crippen molar-refractivity contribution < 1.29 is 9.59 Å². The van der Waals surface area contributed by atoms with E-state index in [2.05, 4.69) is 33.1 Å². The first-order valence-electron chi connectivity index (χ1n) is 11.2. The monoisotopic (exact) mass is 563 g/mol. The van der Waals surface area contributed by atoms with Crippen molar-refractivity contribution in [1.82, 2.24) is 20.9 Å². The second-order valence-corrected chi connectivity index (χ2v) is 8.04. The lowest BCUT2D eigenvalue weighted by Gasteiger charge is -2.18. The van der Waals surface area contributed by atoms with Crippen molar-refractivity contribution >= 4 is 41.8 Å². The summed E-state index contributed by atoms with van der Waals surface area (Å²) in [5.41, 5.74) is 2.33. The Morgan fingerprint density at radius 3 is 2.33 bits per heavy atom. The number of halogens is 1. The molecule has 178 valence electrons. The van der Waals surface area contributed by atoms with E-state index < -0.39 is 0 Å². The highest BCUT2D eigenvalue weighted by atomic mass is 127. The van der Waals surface area contributed by atoms with Crippen LogP contribution in [0.1, 0.15) is 24.0 Å². The number of carbonyl (C=O) groups is 2. The molecule has 2 amide bonds. The summed E-state index contributed by atoms with van der Waals surface area (Å²) in [5.74, 6) is 1.11. The molecule has 3 rings (SSSR count). The van der Waals surface area contributed by atoms with Crippen molar-refractivity contribution in [2.24, 2.45) is 10.9 Å². The fourth-order valence-corrected chi connectivity index (χ4v) is 3.76. The van der Waals surface area contributed by atoms with Gasteiger partial charge in [-0.3, -0.25) is 14.6 Å². The van der Waals surface area contributed by atoms with Gasteiger partial charge in [0.25, 0.3) is 0 Å². The van der Waals surface area contributed by atoms with E-state index in [0.29, 0.717) is 38.4 Å². The van der Waals surface area contributed by atoms with Crippen LogP contribution in [0.15, 0.2) is 65.7 Å². The number of aliphatic imine (C=N–C) groups is 1. The predicted octanol–water partition coefficient (Wildman–Crippen LogP) is 2.57. The number of guanidine groups is 1. The molecule has 0 aliphatic carbocycles. The molecule has 0 radical (unpaired) electrons. The van der Waals surface area contributed by atoms with Crippen LogP contribution in [-0.4, -0.2) is 55.9 Å². The molecule has 0 saturated carbocycles. The minimum Gasteiger partial charge on any atom is -0.356 e. The lowest BCUT2D eigenvalue weighted by atomic mass is 10.1. The number of benzene rings is 2. The van der Waals surface area contributed by atoms with E-state index in [1.807, 2.05) is 53.4 Å². The zero-order valence-corrected chi connectivity index (χ0v) is 21.5. The molecule has 1 aliphatic rings. The molecule has 2 aromatic rings. The molecule has 1 saturated heterocycles. The molecule has 0 aromatic heterocycles. The van der Waals surface area contributed by atoms with Gasteiger partial charge >= 0.3 is 0 Å². The van der Waals surface area contributed by atoms with Crippen LogP contribution in [0, 0.1) is 5.92 Å². The molecule has 1 aliphatic heterocycles. The zero-order chi connectivity index (χ0) is 22.6. The molecule has 1 atom stereocenters. The topological polar surface area (TPSA) is 85.8 Å². The second kappa shape index (κ2) is 14.5. The van der Waals surface area contributed by atoms with Crippen molar-refractivity contribution in [3.05, 3.63) is 71.8 Å². The second-order valence-electron chi connectivity index (χ2n) is 8.04. The van der Waals surface area contributed by atoms with Gasteiger partial charge in [0.15, 0.2) is 5.96 Å². The van der Waals surface area contributed by atoms with Crippen LogP contribution in [0.5, 0.6) is 0 Å². The highest BCUT2D eigenvalue weighted by Gasteiger charge is 2.29. The fourth-order valence-electron chi connectivity index (χ4n) is 3.76. The standard InChI is InChI=1S/C25H33N5O2.HI/c1-26-25(27-14-12-23(31)28-17-21-10-6-3-7-11-21)29-18-22-16-24(32)30(19-22)15-13-20-8-4-2-5-9-20;/h2-11,22H,12-19H2,1H3,(H,28,31)(H2,26,27,29);1H. The van der Waals surface area contributed by atoms with Crippen LogP contribution >= 0.6 is 24.0 Å². The summed E-state index contributed by atoms with van der Waals surface area (Å²) >= 11 is 0. The third-order valence-corrected chi connectivity index (χ3v) is 5.57. The summed E-state index contributed by atoms with van der Waals surface area (Å²) < 4.78 is 0. The lowest BCUT2D eigenvalue weighted by Crippen LogP contribution is -2.41. The number of carbonyl (C=O) groups excluding carboxylic acids is 2. The minimum atomic E-state index is -0.00717. The average Bonchev–Trinajstić information content (AvgIpc) is 3.19. The summed E-state index contributed by atoms with van der Waals surface area (Å²) in [6.07, 6.45) is 1.80. The summed E-state index contributed by atoms with van der Waals surface area (Å²) in [6.45, 7) is 3.21. The van der Waals surface area contributed by atoms with Gasteiger partial charge in [0.1, 0.15) is 0 Å². The quantitative estimate of drug-likeness (QED) is 0.236. The SMILES string of the molecule is CN=C(NCCC(=O)NCc1ccccc1)NCC1CC(=O)N(CCc2ccccc2)C1.I. The van der Waals surface area contributed by atoms with Crippen LogP contribution in [0.25, 0.3) is 0 Å². The molecule has 1 heterocycles. The van der Waals surface area contributed by atoms with E-state index in [-0.39, 0.29) is 41.7 Å². The van der Waals surface area contributed by atoms with Crippen LogP contribution in [0.2, 0.25) is 0 Å². The lowest BCUT2D eigenvalue weighted by molar-refractivity contribution is -0.127. The number of likely N-dealkylation sites (tertiary alicyclic amines) is 1. The number of nitrogens with one attached hydrogen (secondary N) is 3. The first-order valence-corrected chi connectivity index (χ1v) is 11.2. The van der Waals surface area contributed by atoms with Gasteiger partial charge < -0.3 is 20.9 Å². The Morgan fingerprint density at radius 2 is 1.67 bits per heavy atom. The van der Waals surface area contributed by atoms with E-state index in [1.165, 1.54) is 5.56 Å². The molecule has 33 heavy (non-hydrogen) atoms. The van der Waals surface area contributed by atoms with Gasteiger partial charge in [-0.05, 0) is 17.5 Å². The predicted molar refractivity (Wildman–Crippen MR) is 143 cm³/mol. The van der Waals surface area contributed by atoms with Crippen LogP contribution in [0.3, 0.4) is 0 Å². The van der Waals surface area contributed by atoms with Crippen molar-refractivity contribution in [1.29, 1.82) is 0 Å². The maximum absolute atomic E-state index is 12.3. The molecule has 2 aromatic carbocycles. The van der Waals surface area contributed by atoms with Crippen LogP contribution < -0.4 is 16.0 Å². The van der Waals surface area contributed by atoms with Gasteiger partial charge in [0.2, 0.25) is 11.8 Å². The van der Waals surface area contributed by atoms with Gasteiger partial charge in [-0.15, -0.1) is 24.0 Å². The Kier molecular flexibility index (Phi) is 11.7. The highest BCUT2D eigenvalue weighted by Crippen LogP contribution is 2.17. The zero-order valence-electron chi connectivity index (χ0n) is 19.1. The maximum atomic E-state index is 12.3. The van der Waals surface area contributed by atoms with Crippen molar-refractivity contribution in [2.75, 3.05) is 33.2 Å². The Bertz CT molecular complexity index is 892. The molecular formula is C25H34IN5O2.